The smallest absolute Gasteiger partial charge is 0.314 e. The van der Waals surface area contributed by atoms with Crippen molar-refractivity contribution in [1.29, 1.82) is 0 Å². The predicted octanol–water partition coefficient (Wildman–Crippen LogP) is 2.14. The molecule has 122 valence electrons. The minimum atomic E-state index is -0.782. The third kappa shape index (κ3) is 7.32. The largest absolute Gasteiger partial charge is 0.481 e. The average molecular weight is 300 g/mol. The highest BCUT2D eigenvalue weighted by molar-refractivity contribution is 5.74. The van der Waals surface area contributed by atoms with Crippen LogP contribution in [0.2, 0.25) is 0 Å². The van der Waals surface area contributed by atoms with Gasteiger partial charge in [0.15, 0.2) is 0 Å². The zero-order valence-corrected chi connectivity index (χ0v) is 13.0. The van der Waals surface area contributed by atoms with Crippen LogP contribution < -0.4 is 10.6 Å². The molecular formula is C15H28N2O4. The maximum absolute atomic E-state index is 11.7. The van der Waals surface area contributed by atoms with Crippen LogP contribution in [-0.2, 0) is 9.53 Å². The normalized spacial score (nSPS) is 17.2. The van der Waals surface area contributed by atoms with Crippen molar-refractivity contribution in [3.63, 3.8) is 0 Å². The highest BCUT2D eigenvalue weighted by atomic mass is 16.5. The van der Waals surface area contributed by atoms with E-state index in [-0.39, 0.29) is 17.9 Å². The van der Waals surface area contributed by atoms with Crippen LogP contribution in [0.25, 0.3) is 0 Å². The molecule has 0 heterocycles. The van der Waals surface area contributed by atoms with Crippen molar-refractivity contribution in [3.05, 3.63) is 0 Å². The number of ether oxygens (including phenoxy) is 1. The Morgan fingerprint density at radius 3 is 2.52 bits per heavy atom. The fourth-order valence-corrected chi connectivity index (χ4v) is 2.89. The minimum absolute atomic E-state index is 0.137. The third-order valence-electron chi connectivity index (χ3n) is 4.02. The molecule has 0 saturated heterocycles. The summed E-state index contributed by atoms with van der Waals surface area (Å²) in [5.41, 5.74) is -0.271. The molecule has 0 bridgehead atoms. The molecule has 0 radical (unpaired) electrons. The van der Waals surface area contributed by atoms with Crippen LogP contribution in [0.5, 0.6) is 0 Å². The number of carbonyl (C=O) groups is 2. The van der Waals surface area contributed by atoms with Gasteiger partial charge < -0.3 is 20.5 Å². The Balaban J connectivity index is 2.28. The SMILES string of the molecule is CCOCCCNC(=O)NCC1(CC(=O)O)CCCCC1. The minimum Gasteiger partial charge on any atom is -0.481 e. The van der Waals surface area contributed by atoms with Crippen molar-refractivity contribution < 1.29 is 19.4 Å². The number of carbonyl (C=O) groups excluding carboxylic acids is 1. The van der Waals surface area contributed by atoms with E-state index < -0.39 is 5.97 Å². The van der Waals surface area contributed by atoms with Gasteiger partial charge in [-0.25, -0.2) is 4.79 Å². The van der Waals surface area contributed by atoms with Gasteiger partial charge >= 0.3 is 12.0 Å². The number of hydrogen-bond acceptors (Lipinski definition) is 3. The standard InChI is InChI=1S/C15H28N2O4/c1-2-21-10-6-9-16-14(20)17-12-15(11-13(18)19)7-4-3-5-8-15/h2-12H2,1H3,(H,18,19)(H2,16,17,20). The molecule has 1 aliphatic carbocycles. The predicted molar refractivity (Wildman–Crippen MR) is 80.3 cm³/mol. The van der Waals surface area contributed by atoms with E-state index in [1.54, 1.807) is 0 Å². The summed E-state index contributed by atoms with van der Waals surface area (Å²) >= 11 is 0. The quantitative estimate of drug-likeness (QED) is 0.569. The Morgan fingerprint density at radius 2 is 1.90 bits per heavy atom. The molecule has 1 aliphatic rings. The summed E-state index contributed by atoms with van der Waals surface area (Å²) in [7, 11) is 0. The van der Waals surface area contributed by atoms with Gasteiger partial charge in [-0.1, -0.05) is 19.3 Å². The van der Waals surface area contributed by atoms with Gasteiger partial charge in [0.2, 0.25) is 0 Å². The van der Waals surface area contributed by atoms with Crippen molar-refractivity contribution in [1.82, 2.24) is 10.6 Å². The summed E-state index contributed by atoms with van der Waals surface area (Å²) in [6.07, 6.45) is 5.92. The topological polar surface area (TPSA) is 87.7 Å². The summed E-state index contributed by atoms with van der Waals surface area (Å²) in [5, 5.41) is 14.7. The molecule has 1 fully saturated rings. The van der Waals surface area contributed by atoms with Crippen LogP contribution in [0.3, 0.4) is 0 Å². The van der Waals surface area contributed by atoms with Crippen molar-refractivity contribution in [2.24, 2.45) is 5.41 Å². The van der Waals surface area contributed by atoms with Gasteiger partial charge in [0.05, 0.1) is 6.42 Å². The maximum atomic E-state index is 11.7. The molecule has 0 aromatic heterocycles. The van der Waals surface area contributed by atoms with Gasteiger partial charge in [-0.2, -0.15) is 0 Å². The Bertz CT molecular complexity index is 328. The fourth-order valence-electron chi connectivity index (χ4n) is 2.89. The summed E-state index contributed by atoms with van der Waals surface area (Å²) in [6.45, 7) is 4.27. The number of aliphatic carboxylic acids is 1. The lowest BCUT2D eigenvalue weighted by Gasteiger charge is -2.36. The molecule has 0 atom stereocenters. The Kier molecular flexibility index (Phi) is 8.12. The molecule has 6 nitrogen and oxygen atoms in total. The van der Waals surface area contributed by atoms with Gasteiger partial charge in [-0.15, -0.1) is 0 Å². The van der Waals surface area contributed by atoms with E-state index in [2.05, 4.69) is 10.6 Å². The molecule has 2 amide bonds. The van der Waals surface area contributed by atoms with Gasteiger partial charge in [0, 0.05) is 26.3 Å². The monoisotopic (exact) mass is 300 g/mol. The molecule has 6 heteroatoms. The van der Waals surface area contributed by atoms with E-state index in [1.165, 1.54) is 0 Å². The summed E-state index contributed by atoms with van der Waals surface area (Å²) in [5.74, 6) is -0.782. The first-order valence-electron chi connectivity index (χ1n) is 7.89. The van der Waals surface area contributed by atoms with Gasteiger partial charge in [-0.05, 0) is 31.6 Å². The highest BCUT2D eigenvalue weighted by Gasteiger charge is 2.34. The molecule has 0 spiro atoms. The van der Waals surface area contributed by atoms with Crippen LogP contribution >= 0.6 is 0 Å². The number of rotatable bonds is 9. The van der Waals surface area contributed by atoms with Crippen molar-refractivity contribution in [2.75, 3.05) is 26.3 Å². The fraction of sp³-hybridized carbons (Fsp3) is 0.867. The van der Waals surface area contributed by atoms with Gasteiger partial charge in [-0.3, -0.25) is 4.79 Å². The molecule has 21 heavy (non-hydrogen) atoms. The highest BCUT2D eigenvalue weighted by Crippen LogP contribution is 2.38. The van der Waals surface area contributed by atoms with Gasteiger partial charge in [0.25, 0.3) is 0 Å². The van der Waals surface area contributed by atoms with Crippen LogP contribution in [0.1, 0.15) is 51.9 Å². The van der Waals surface area contributed by atoms with E-state index in [1.807, 2.05) is 6.92 Å². The van der Waals surface area contributed by atoms with E-state index in [0.717, 1.165) is 38.5 Å². The number of urea groups is 1. The average Bonchev–Trinajstić information content (AvgIpc) is 2.45. The second kappa shape index (κ2) is 9.60. The van der Waals surface area contributed by atoms with Crippen LogP contribution in [-0.4, -0.2) is 43.4 Å². The van der Waals surface area contributed by atoms with Crippen molar-refractivity contribution >= 4 is 12.0 Å². The first-order valence-corrected chi connectivity index (χ1v) is 7.89. The van der Waals surface area contributed by atoms with Crippen LogP contribution in [0.15, 0.2) is 0 Å². The van der Waals surface area contributed by atoms with E-state index in [9.17, 15) is 9.59 Å². The molecule has 3 N–H and O–H groups in total. The molecule has 0 aromatic carbocycles. The van der Waals surface area contributed by atoms with Crippen LogP contribution in [0.4, 0.5) is 4.79 Å². The molecule has 0 aliphatic heterocycles. The second-order valence-electron chi connectivity index (χ2n) is 5.79. The summed E-state index contributed by atoms with van der Waals surface area (Å²) in [6, 6.07) is -0.221. The lowest BCUT2D eigenvalue weighted by molar-refractivity contribution is -0.140. The summed E-state index contributed by atoms with van der Waals surface area (Å²) < 4.78 is 5.19. The number of carboxylic acid groups (broad SMARTS) is 1. The van der Waals surface area contributed by atoms with Gasteiger partial charge in [0.1, 0.15) is 0 Å². The molecule has 0 aromatic rings. The Labute approximate surface area is 126 Å². The first kappa shape index (κ1) is 17.8. The van der Waals surface area contributed by atoms with Crippen molar-refractivity contribution in [3.8, 4) is 0 Å². The Morgan fingerprint density at radius 1 is 1.19 bits per heavy atom. The third-order valence-corrected chi connectivity index (χ3v) is 4.02. The second-order valence-corrected chi connectivity index (χ2v) is 5.79. The van der Waals surface area contributed by atoms with Crippen molar-refractivity contribution in [2.45, 2.75) is 51.9 Å². The lowest BCUT2D eigenvalue weighted by atomic mass is 9.72. The maximum Gasteiger partial charge on any atom is 0.314 e. The molecule has 0 unspecified atom stereocenters. The van der Waals surface area contributed by atoms with Crippen LogP contribution in [0, 0.1) is 5.41 Å². The number of carboxylic acids is 1. The zero-order chi connectivity index (χ0) is 15.6. The molecule has 1 saturated carbocycles. The van der Waals surface area contributed by atoms with E-state index in [0.29, 0.717) is 26.3 Å². The Hall–Kier alpha value is -1.30. The number of hydrogen-bond donors (Lipinski definition) is 3. The first-order chi connectivity index (χ1) is 10.1. The van der Waals surface area contributed by atoms with E-state index in [4.69, 9.17) is 9.84 Å². The number of nitrogens with one attached hydrogen (secondary N) is 2. The summed E-state index contributed by atoms with van der Waals surface area (Å²) in [4.78, 5) is 22.8. The van der Waals surface area contributed by atoms with E-state index >= 15 is 0 Å². The lowest BCUT2D eigenvalue weighted by Crippen LogP contribution is -2.44. The number of amides is 2. The zero-order valence-electron chi connectivity index (χ0n) is 13.0. The molecular weight excluding hydrogens is 272 g/mol. The molecule has 1 rings (SSSR count).